The van der Waals surface area contributed by atoms with Gasteiger partial charge in [0.2, 0.25) is 0 Å². The molecule has 1 aliphatic heterocycles. The van der Waals surface area contributed by atoms with E-state index in [4.69, 9.17) is 21.4 Å². The lowest BCUT2D eigenvalue weighted by molar-refractivity contribution is -0.274. The van der Waals surface area contributed by atoms with Crippen LogP contribution in [0, 0.1) is 5.92 Å². The number of hydrogen-bond donors (Lipinski definition) is 1. The second-order valence-electron chi connectivity index (χ2n) is 6.47. The summed E-state index contributed by atoms with van der Waals surface area (Å²) in [5.41, 5.74) is 1.50. The van der Waals surface area contributed by atoms with Gasteiger partial charge >= 0.3 is 12.3 Å². The van der Waals surface area contributed by atoms with Gasteiger partial charge in [0, 0.05) is 19.6 Å². The molecule has 150 valence electrons. The van der Waals surface area contributed by atoms with E-state index in [1.165, 1.54) is 12.1 Å². The molecule has 1 fully saturated rings. The monoisotopic (exact) mass is 415 g/mol. The molecule has 0 saturated carbocycles. The number of rotatable bonds is 7. The van der Waals surface area contributed by atoms with E-state index in [0.717, 1.165) is 5.56 Å². The number of halogens is 4. The molecule has 0 radical (unpaired) electrons. The molecule has 0 atom stereocenters. The van der Waals surface area contributed by atoms with Gasteiger partial charge in [-0.05, 0) is 35.4 Å². The van der Waals surface area contributed by atoms with E-state index in [-0.39, 0.29) is 17.5 Å². The molecule has 28 heavy (non-hydrogen) atoms. The van der Waals surface area contributed by atoms with Gasteiger partial charge in [-0.1, -0.05) is 29.8 Å². The van der Waals surface area contributed by atoms with Crippen molar-refractivity contribution in [3.8, 4) is 11.5 Å². The molecular formula is C19H17ClF3NO4. The van der Waals surface area contributed by atoms with Crippen molar-refractivity contribution >= 4 is 17.6 Å². The van der Waals surface area contributed by atoms with E-state index in [0.29, 0.717) is 30.9 Å². The van der Waals surface area contributed by atoms with Gasteiger partial charge in [0.25, 0.3) is 0 Å². The molecule has 0 aliphatic carbocycles. The van der Waals surface area contributed by atoms with Crippen LogP contribution in [-0.4, -0.2) is 35.4 Å². The molecule has 1 heterocycles. The van der Waals surface area contributed by atoms with Gasteiger partial charge in [-0.15, -0.1) is 13.2 Å². The van der Waals surface area contributed by atoms with Crippen molar-refractivity contribution in [2.45, 2.75) is 19.5 Å². The Kier molecular flexibility index (Phi) is 6.00. The van der Waals surface area contributed by atoms with E-state index >= 15 is 0 Å². The first kappa shape index (κ1) is 20.3. The van der Waals surface area contributed by atoms with E-state index in [2.05, 4.69) is 4.74 Å². The van der Waals surface area contributed by atoms with Crippen molar-refractivity contribution in [3.05, 3.63) is 58.6 Å². The first-order valence-electron chi connectivity index (χ1n) is 8.41. The molecule has 1 saturated heterocycles. The summed E-state index contributed by atoms with van der Waals surface area (Å²) in [6, 6.07) is 11.3. The molecule has 1 aliphatic rings. The minimum atomic E-state index is -4.82. The van der Waals surface area contributed by atoms with Crippen molar-refractivity contribution in [2.24, 2.45) is 5.92 Å². The minimum absolute atomic E-state index is 0.0527. The van der Waals surface area contributed by atoms with Crippen molar-refractivity contribution in [1.82, 2.24) is 4.90 Å². The molecule has 0 spiro atoms. The summed E-state index contributed by atoms with van der Waals surface area (Å²) in [7, 11) is 0. The average Bonchev–Trinajstić information content (AvgIpc) is 2.58. The molecule has 1 N–H and O–H groups in total. The van der Waals surface area contributed by atoms with Crippen LogP contribution in [-0.2, 0) is 17.9 Å². The molecule has 0 aromatic heterocycles. The lowest BCUT2D eigenvalue weighted by Crippen LogP contribution is -2.49. The predicted molar refractivity (Wildman–Crippen MR) is 95.3 cm³/mol. The smallest absolute Gasteiger partial charge is 0.489 e. The van der Waals surface area contributed by atoms with Gasteiger partial charge in [0.05, 0.1) is 10.9 Å². The zero-order chi connectivity index (χ0) is 20.3. The first-order valence-corrected chi connectivity index (χ1v) is 8.78. The SMILES string of the molecule is O=C(O)C1CN(Cc2ccc(OCc3ccc(Cl)c(OC(F)(F)F)c3)cc2)C1. The molecule has 3 rings (SSSR count). The molecule has 9 heteroatoms. The summed E-state index contributed by atoms with van der Waals surface area (Å²) in [4.78, 5) is 12.8. The third kappa shape index (κ3) is 5.53. The fraction of sp³-hybridized carbons (Fsp3) is 0.316. The maximum absolute atomic E-state index is 12.4. The molecule has 2 aromatic carbocycles. The number of aliphatic carboxylic acids is 1. The van der Waals surface area contributed by atoms with E-state index in [9.17, 15) is 18.0 Å². The number of likely N-dealkylation sites (tertiary alicyclic amines) is 1. The summed E-state index contributed by atoms with van der Waals surface area (Å²) in [6.07, 6.45) is -4.82. The summed E-state index contributed by atoms with van der Waals surface area (Å²) in [6.45, 7) is 1.77. The molecular weight excluding hydrogens is 399 g/mol. The lowest BCUT2D eigenvalue weighted by Gasteiger charge is -2.36. The van der Waals surface area contributed by atoms with E-state index < -0.39 is 18.1 Å². The zero-order valence-electron chi connectivity index (χ0n) is 14.6. The highest BCUT2D eigenvalue weighted by Gasteiger charge is 2.32. The van der Waals surface area contributed by atoms with Crippen LogP contribution in [0.4, 0.5) is 13.2 Å². The van der Waals surface area contributed by atoms with Crippen molar-refractivity contribution < 1.29 is 32.5 Å². The quantitative estimate of drug-likeness (QED) is 0.729. The second kappa shape index (κ2) is 8.28. The van der Waals surface area contributed by atoms with Crippen molar-refractivity contribution in [1.29, 1.82) is 0 Å². The topological polar surface area (TPSA) is 59.0 Å². The predicted octanol–water partition coefficient (Wildman–Crippen LogP) is 4.33. The van der Waals surface area contributed by atoms with Gasteiger partial charge < -0.3 is 14.6 Å². The summed E-state index contributed by atoms with van der Waals surface area (Å²) in [5, 5.41) is 8.74. The number of nitrogens with zero attached hydrogens (tertiary/aromatic N) is 1. The fourth-order valence-corrected chi connectivity index (χ4v) is 2.97. The summed E-state index contributed by atoms with van der Waals surface area (Å²) in [5.74, 6) is -0.983. The van der Waals surface area contributed by atoms with Gasteiger partial charge in [-0.3, -0.25) is 9.69 Å². The third-order valence-electron chi connectivity index (χ3n) is 4.26. The normalized spacial score (nSPS) is 15.1. The Morgan fingerprint density at radius 2 is 1.79 bits per heavy atom. The number of hydrogen-bond acceptors (Lipinski definition) is 4. The number of benzene rings is 2. The highest BCUT2D eigenvalue weighted by atomic mass is 35.5. The maximum Gasteiger partial charge on any atom is 0.573 e. The maximum atomic E-state index is 12.4. The Morgan fingerprint density at radius 3 is 2.39 bits per heavy atom. The van der Waals surface area contributed by atoms with Crippen LogP contribution in [0.5, 0.6) is 11.5 Å². The Morgan fingerprint density at radius 1 is 1.14 bits per heavy atom. The minimum Gasteiger partial charge on any atom is -0.489 e. The Bertz CT molecular complexity index is 836. The van der Waals surface area contributed by atoms with Crippen molar-refractivity contribution in [3.63, 3.8) is 0 Å². The third-order valence-corrected chi connectivity index (χ3v) is 4.57. The zero-order valence-corrected chi connectivity index (χ0v) is 15.3. The Balaban J connectivity index is 1.52. The molecule has 0 unspecified atom stereocenters. The van der Waals surface area contributed by atoms with Crippen molar-refractivity contribution in [2.75, 3.05) is 13.1 Å². The standard InChI is InChI=1S/C19H17ClF3NO4/c20-16-6-3-13(7-17(16)28-19(21,22)23)11-27-15-4-1-12(2-5-15)8-24-9-14(10-24)18(25)26/h1-7,14H,8-11H2,(H,25,26). The summed E-state index contributed by atoms with van der Waals surface area (Å²) < 4.78 is 46.6. The van der Waals surface area contributed by atoms with Crippen LogP contribution >= 0.6 is 11.6 Å². The number of carbonyl (C=O) groups is 1. The van der Waals surface area contributed by atoms with Crippen LogP contribution < -0.4 is 9.47 Å². The molecule has 0 bridgehead atoms. The molecule has 0 amide bonds. The highest BCUT2D eigenvalue weighted by Crippen LogP contribution is 2.31. The largest absolute Gasteiger partial charge is 0.573 e. The van der Waals surface area contributed by atoms with E-state index in [1.807, 2.05) is 17.0 Å². The number of carboxylic acid groups (broad SMARTS) is 1. The van der Waals surface area contributed by atoms with Crippen LogP contribution in [0.3, 0.4) is 0 Å². The fourth-order valence-electron chi connectivity index (χ4n) is 2.81. The van der Waals surface area contributed by atoms with Crippen LogP contribution in [0.25, 0.3) is 0 Å². The highest BCUT2D eigenvalue weighted by molar-refractivity contribution is 6.32. The van der Waals surface area contributed by atoms with Gasteiger partial charge in [0.1, 0.15) is 18.1 Å². The molecule has 5 nitrogen and oxygen atoms in total. The van der Waals surface area contributed by atoms with Gasteiger partial charge in [0.15, 0.2) is 0 Å². The number of alkyl halides is 3. The number of carboxylic acids is 1. The Labute approximate surface area is 164 Å². The van der Waals surface area contributed by atoms with Crippen LogP contribution in [0.15, 0.2) is 42.5 Å². The average molecular weight is 416 g/mol. The van der Waals surface area contributed by atoms with Crippen LogP contribution in [0.2, 0.25) is 5.02 Å². The van der Waals surface area contributed by atoms with E-state index in [1.54, 1.807) is 18.2 Å². The lowest BCUT2D eigenvalue weighted by atomic mass is 10.00. The Hall–Kier alpha value is -2.45. The first-order chi connectivity index (χ1) is 13.2. The van der Waals surface area contributed by atoms with Crippen LogP contribution in [0.1, 0.15) is 11.1 Å². The van der Waals surface area contributed by atoms with Gasteiger partial charge in [-0.25, -0.2) is 0 Å². The molecule has 2 aromatic rings. The summed E-state index contributed by atoms with van der Waals surface area (Å²) >= 11 is 5.72. The van der Waals surface area contributed by atoms with Gasteiger partial charge in [-0.2, -0.15) is 0 Å². The number of ether oxygens (including phenoxy) is 2. The second-order valence-corrected chi connectivity index (χ2v) is 6.88.